The van der Waals surface area contributed by atoms with Gasteiger partial charge in [-0.3, -0.25) is 9.59 Å². The van der Waals surface area contributed by atoms with Gasteiger partial charge >= 0.3 is 11.9 Å². The molecule has 5 nitrogen and oxygen atoms in total. The molecule has 0 rings (SSSR count). The van der Waals surface area contributed by atoms with Crippen molar-refractivity contribution in [3.8, 4) is 0 Å². The monoisotopic (exact) mass is 807 g/mol. The van der Waals surface area contributed by atoms with Crippen molar-refractivity contribution in [1.82, 2.24) is 0 Å². The van der Waals surface area contributed by atoms with Gasteiger partial charge in [-0.25, -0.2) is 0 Å². The molecule has 0 radical (unpaired) electrons. The van der Waals surface area contributed by atoms with Gasteiger partial charge in [-0.1, -0.05) is 209 Å². The van der Waals surface area contributed by atoms with E-state index in [1.54, 1.807) is 0 Å². The maximum Gasteiger partial charge on any atom is 0.306 e. The molecule has 0 spiro atoms. The first kappa shape index (κ1) is 55.1. The summed E-state index contributed by atoms with van der Waals surface area (Å²) in [6.45, 7) is 7.50. The van der Waals surface area contributed by atoms with Crippen molar-refractivity contribution in [3.05, 3.63) is 85.1 Å². The number of carbonyl (C=O) groups excluding carboxylic acids is 2. The zero-order valence-corrected chi connectivity index (χ0v) is 38.0. The summed E-state index contributed by atoms with van der Waals surface area (Å²) in [6.07, 6.45) is 63.2. The number of esters is 2. The summed E-state index contributed by atoms with van der Waals surface area (Å²) in [5.41, 5.74) is 0. The third kappa shape index (κ3) is 45.8. The molecule has 0 heterocycles. The predicted molar refractivity (Wildman–Crippen MR) is 251 cm³/mol. The largest absolute Gasteiger partial charge is 0.462 e. The Morgan fingerprint density at radius 3 is 1.31 bits per heavy atom. The average Bonchev–Trinajstić information content (AvgIpc) is 3.22. The highest BCUT2D eigenvalue weighted by molar-refractivity contribution is 5.70. The average molecular weight is 807 g/mol. The van der Waals surface area contributed by atoms with Crippen molar-refractivity contribution in [2.24, 2.45) is 0 Å². The van der Waals surface area contributed by atoms with Crippen LogP contribution in [0, 0.1) is 0 Å². The van der Waals surface area contributed by atoms with Crippen molar-refractivity contribution >= 4 is 11.9 Å². The van der Waals surface area contributed by atoms with E-state index in [9.17, 15) is 9.59 Å². The van der Waals surface area contributed by atoms with Gasteiger partial charge < -0.3 is 14.2 Å². The molecule has 0 amide bonds. The lowest BCUT2D eigenvalue weighted by Crippen LogP contribution is -2.30. The Labute approximate surface area is 359 Å². The van der Waals surface area contributed by atoms with Crippen LogP contribution in [0.15, 0.2) is 85.1 Å². The van der Waals surface area contributed by atoms with Gasteiger partial charge in [0.15, 0.2) is 6.10 Å². The predicted octanol–water partition coefficient (Wildman–Crippen LogP) is 16.1. The van der Waals surface area contributed by atoms with Crippen molar-refractivity contribution in [1.29, 1.82) is 0 Å². The number of allylic oxidation sites excluding steroid dienone is 14. The van der Waals surface area contributed by atoms with E-state index in [0.717, 1.165) is 70.6 Å². The van der Waals surface area contributed by atoms with Crippen LogP contribution in [0.5, 0.6) is 0 Å². The molecule has 332 valence electrons. The first-order valence-electron chi connectivity index (χ1n) is 24.1. The van der Waals surface area contributed by atoms with Gasteiger partial charge in [-0.05, 0) is 77.0 Å². The minimum absolute atomic E-state index is 0.0425. The second kappa shape index (κ2) is 48.4. The van der Waals surface area contributed by atoms with Crippen LogP contribution in [0.3, 0.4) is 0 Å². The molecule has 0 aromatic rings. The highest BCUT2D eigenvalue weighted by Gasteiger charge is 2.17. The second-order valence-electron chi connectivity index (χ2n) is 15.6. The van der Waals surface area contributed by atoms with Crippen LogP contribution in [-0.2, 0) is 23.8 Å². The molecule has 0 aliphatic rings. The van der Waals surface area contributed by atoms with E-state index < -0.39 is 6.10 Å². The lowest BCUT2D eigenvalue weighted by Gasteiger charge is -2.18. The normalized spacial score (nSPS) is 12.9. The van der Waals surface area contributed by atoms with Gasteiger partial charge in [0.2, 0.25) is 0 Å². The number of ether oxygens (including phenoxy) is 3. The van der Waals surface area contributed by atoms with E-state index in [-0.39, 0.29) is 25.2 Å². The Hall–Kier alpha value is -2.92. The third-order valence-electron chi connectivity index (χ3n) is 9.94. The van der Waals surface area contributed by atoms with Crippen molar-refractivity contribution in [2.45, 2.75) is 219 Å². The fourth-order valence-corrected chi connectivity index (χ4v) is 6.42. The highest BCUT2D eigenvalue weighted by atomic mass is 16.6. The van der Waals surface area contributed by atoms with Crippen molar-refractivity contribution in [3.63, 3.8) is 0 Å². The van der Waals surface area contributed by atoms with Crippen LogP contribution in [0.2, 0.25) is 0 Å². The van der Waals surface area contributed by atoms with Crippen LogP contribution >= 0.6 is 0 Å². The highest BCUT2D eigenvalue weighted by Crippen LogP contribution is 2.14. The summed E-state index contributed by atoms with van der Waals surface area (Å²) in [6, 6.07) is 0. The molecule has 0 fully saturated rings. The summed E-state index contributed by atoms with van der Waals surface area (Å²) in [5, 5.41) is 0. The molecule has 1 atom stereocenters. The standard InChI is InChI=1S/C53H90O5/c1-4-7-10-13-16-19-22-24-25-26-27-28-30-33-36-39-42-45-48-56-49-51(58-53(55)47-44-41-38-35-31-21-18-15-12-9-6-3)50-57-52(54)46-43-40-37-34-32-29-23-20-17-14-11-8-5-2/h7-8,10-11,16-17,19-20,24-25,29,32,37,40,51H,4-6,9,12-15,18,21-23,26-28,30-31,33-36,38-39,41-50H2,1-3H3/b10-7-,11-8-,19-16-,20-17-,25-24-,32-29-,40-37-. The minimum atomic E-state index is -0.569. The first-order chi connectivity index (χ1) is 28.6. The molecule has 1 unspecified atom stereocenters. The van der Waals surface area contributed by atoms with Gasteiger partial charge in [-0.2, -0.15) is 0 Å². The SMILES string of the molecule is CC/C=C\C/C=C\C/C=C\C/C=C\CCC(=O)OCC(COCCCCCCCCCC/C=C\C/C=C\C/C=C\CC)OC(=O)CCCCCCCCCCCCC. The quantitative estimate of drug-likeness (QED) is 0.0349. The zero-order valence-electron chi connectivity index (χ0n) is 38.0. The summed E-state index contributed by atoms with van der Waals surface area (Å²) in [5.74, 6) is -0.496. The molecular weight excluding hydrogens is 717 g/mol. The Morgan fingerprint density at radius 2 is 0.810 bits per heavy atom. The van der Waals surface area contributed by atoms with Crippen molar-refractivity contribution < 1.29 is 23.8 Å². The molecule has 0 aromatic carbocycles. The zero-order chi connectivity index (χ0) is 42.1. The Balaban J connectivity index is 4.33. The minimum Gasteiger partial charge on any atom is -0.462 e. The van der Waals surface area contributed by atoms with E-state index in [1.807, 2.05) is 6.08 Å². The maximum absolute atomic E-state index is 12.7. The molecule has 0 saturated heterocycles. The fraction of sp³-hybridized carbons (Fsp3) is 0.698. The summed E-state index contributed by atoms with van der Waals surface area (Å²) >= 11 is 0. The Bertz CT molecular complexity index is 1090. The maximum atomic E-state index is 12.7. The van der Waals surface area contributed by atoms with Gasteiger partial charge in [-0.15, -0.1) is 0 Å². The number of rotatable bonds is 43. The van der Waals surface area contributed by atoms with Crippen molar-refractivity contribution in [2.75, 3.05) is 19.8 Å². The Kier molecular flexibility index (Phi) is 46.0. The molecule has 0 aliphatic heterocycles. The molecule has 0 aliphatic carbocycles. The molecule has 0 saturated carbocycles. The molecular formula is C53H90O5. The smallest absolute Gasteiger partial charge is 0.306 e. The second-order valence-corrected chi connectivity index (χ2v) is 15.6. The van der Waals surface area contributed by atoms with E-state index in [0.29, 0.717) is 25.9 Å². The van der Waals surface area contributed by atoms with Gasteiger partial charge in [0, 0.05) is 19.4 Å². The van der Waals surface area contributed by atoms with E-state index in [1.165, 1.54) is 103 Å². The summed E-state index contributed by atoms with van der Waals surface area (Å²) in [4.78, 5) is 25.2. The van der Waals surface area contributed by atoms with Gasteiger partial charge in [0.05, 0.1) is 6.61 Å². The van der Waals surface area contributed by atoms with Crippen LogP contribution in [0.4, 0.5) is 0 Å². The topological polar surface area (TPSA) is 61.8 Å². The van der Waals surface area contributed by atoms with Gasteiger partial charge in [0.1, 0.15) is 6.61 Å². The molecule has 0 N–H and O–H groups in total. The number of hydrogen-bond donors (Lipinski definition) is 0. The lowest BCUT2D eigenvalue weighted by molar-refractivity contribution is -0.162. The van der Waals surface area contributed by atoms with E-state index >= 15 is 0 Å². The van der Waals surface area contributed by atoms with Crippen LogP contribution in [0.1, 0.15) is 213 Å². The lowest BCUT2D eigenvalue weighted by atomic mass is 10.1. The van der Waals surface area contributed by atoms with E-state index in [2.05, 4.69) is 99.8 Å². The van der Waals surface area contributed by atoms with Crippen LogP contribution in [0.25, 0.3) is 0 Å². The number of hydrogen-bond acceptors (Lipinski definition) is 5. The fourth-order valence-electron chi connectivity index (χ4n) is 6.42. The molecule has 5 heteroatoms. The molecule has 0 bridgehead atoms. The molecule has 58 heavy (non-hydrogen) atoms. The van der Waals surface area contributed by atoms with Gasteiger partial charge in [0.25, 0.3) is 0 Å². The van der Waals surface area contributed by atoms with Crippen LogP contribution in [-0.4, -0.2) is 37.9 Å². The molecule has 0 aromatic heterocycles. The Morgan fingerprint density at radius 1 is 0.397 bits per heavy atom. The summed E-state index contributed by atoms with van der Waals surface area (Å²) in [7, 11) is 0. The number of carbonyl (C=O) groups is 2. The third-order valence-corrected chi connectivity index (χ3v) is 9.94. The van der Waals surface area contributed by atoms with Crippen LogP contribution < -0.4 is 0 Å². The van der Waals surface area contributed by atoms with E-state index in [4.69, 9.17) is 14.2 Å². The number of unbranched alkanes of at least 4 members (excludes halogenated alkanes) is 18. The first-order valence-corrected chi connectivity index (χ1v) is 24.1. The summed E-state index contributed by atoms with van der Waals surface area (Å²) < 4.78 is 17.3.